The molecular weight excluding hydrogens is 455 g/mol. The quantitative estimate of drug-likeness (QED) is 0.301. The first-order valence-electron chi connectivity index (χ1n) is 12.4. The second-order valence-corrected chi connectivity index (χ2v) is 10.1. The first kappa shape index (κ1) is 23.9. The second kappa shape index (κ2) is 10.0. The van der Waals surface area contributed by atoms with Gasteiger partial charge in [0.05, 0.1) is 0 Å². The molecule has 1 fully saturated rings. The van der Waals surface area contributed by atoms with Gasteiger partial charge >= 0.3 is 0 Å². The van der Waals surface area contributed by atoms with Crippen molar-refractivity contribution < 1.29 is 13.7 Å². The van der Waals surface area contributed by atoms with Gasteiger partial charge in [0, 0.05) is 42.2 Å². The Hall–Kier alpha value is -3.87. The molecule has 0 amide bonds. The fraction of sp³-hybridized carbons (Fsp3) is 0.310. The molecule has 1 saturated heterocycles. The van der Waals surface area contributed by atoms with E-state index < -0.39 is 0 Å². The molecule has 1 aliphatic heterocycles. The first-order chi connectivity index (χ1) is 17.4. The van der Waals surface area contributed by atoms with Gasteiger partial charge < -0.3 is 19.5 Å². The van der Waals surface area contributed by atoms with Crippen molar-refractivity contribution in [1.82, 2.24) is 10.1 Å². The highest BCUT2D eigenvalue weighted by atomic mass is 19.1. The summed E-state index contributed by atoms with van der Waals surface area (Å²) in [7, 11) is 0. The smallest absolute Gasteiger partial charge is 0.243 e. The Morgan fingerprint density at radius 1 is 0.972 bits per heavy atom. The number of rotatable bonds is 6. The number of hydrogen-bond donors (Lipinski definition) is 1. The SMILES string of the molecule is CC(C)(C)c1ccccc1Oc1ncccc1Nc1cc(-c2ccc(N3CCCCC3)cc2F)no1. The molecule has 1 aliphatic rings. The van der Waals surface area contributed by atoms with E-state index in [2.05, 4.69) is 47.2 Å². The van der Waals surface area contributed by atoms with Crippen molar-refractivity contribution in [1.29, 1.82) is 0 Å². The van der Waals surface area contributed by atoms with Crippen LogP contribution in [0.2, 0.25) is 0 Å². The Balaban J connectivity index is 1.35. The van der Waals surface area contributed by atoms with E-state index in [9.17, 15) is 0 Å². The van der Waals surface area contributed by atoms with Crippen molar-refractivity contribution >= 4 is 17.3 Å². The molecule has 5 rings (SSSR count). The molecule has 36 heavy (non-hydrogen) atoms. The summed E-state index contributed by atoms with van der Waals surface area (Å²) in [5.74, 6) is 1.19. The first-order valence-corrected chi connectivity index (χ1v) is 12.4. The lowest BCUT2D eigenvalue weighted by molar-refractivity contribution is 0.432. The fourth-order valence-electron chi connectivity index (χ4n) is 4.50. The van der Waals surface area contributed by atoms with Gasteiger partial charge in [-0.25, -0.2) is 9.37 Å². The van der Waals surface area contributed by atoms with E-state index in [0.717, 1.165) is 42.9 Å². The van der Waals surface area contributed by atoms with Crippen LogP contribution in [0.3, 0.4) is 0 Å². The van der Waals surface area contributed by atoms with Crippen LogP contribution < -0.4 is 15.0 Å². The number of anilines is 3. The number of ether oxygens (including phenoxy) is 1. The summed E-state index contributed by atoms with van der Waals surface area (Å²) in [5.41, 5.74) is 3.33. The van der Waals surface area contributed by atoms with Crippen molar-refractivity contribution in [2.24, 2.45) is 0 Å². The summed E-state index contributed by atoms with van der Waals surface area (Å²) < 4.78 is 26.7. The van der Waals surface area contributed by atoms with Gasteiger partial charge in [-0.15, -0.1) is 0 Å². The topological polar surface area (TPSA) is 63.4 Å². The van der Waals surface area contributed by atoms with Crippen molar-refractivity contribution in [2.45, 2.75) is 45.4 Å². The standard InChI is InChI=1S/C29H31FN4O2/c1-29(2,3)22-10-5-6-12-26(22)35-28-24(11-9-15-31-28)32-27-19-25(33-36-27)21-14-13-20(18-23(21)30)34-16-7-4-8-17-34/h5-6,9-15,18-19,32H,4,7-8,16-17H2,1-3H3. The summed E-state index contributed by atoms with van der Waals surface area (Å²) in [4.78, 5) is 6.65. The molecule has 7 heteroatoms. The van der Waals surface area contributed by atoms with Crippen molar-refractivity contribution in [3.63, 3.8) is 0 Å². The lowest BCUT2D eigenvalue weighted by Crippen LogP contribution is -2.29. The highest BCUT2D eigenvalue weighted by molar-refractivity contribution is 5.69. The highest BCUT2D eigenvalue weighted by Gasteiger charge is 2.21. The molecule has 186 valence electrons. The molecular formula is C29H31FN4O2. The maximum Gasteiger partial charge on any atom is 0.243 e. The Morgan fingerprint density at radius 3 is 2.56 bits per heavy atom. The van der Waals surface area contributed by atoms with Crippen LogP contribution in [-0.2, 0) is 5.41 Å². The maximum absolute atomic E-state index is 15.0. The minimum Gasteiger partial charge on any atom is -0.437 e. The molecule has 0 bridgehead atoms. The molecule has 2 aromatic carbocycles. The zero-order chi connectivity index (χ0) is 25.1. The second-order valence-electron chi connectivity index (χ2n) is 10.1. The Morgan fingerprint density at radius 2 is 1.78 bits per heavy atom. The largest absolute Gasteiger partial charge is 0.437 e. The van der Waals surface area contributed by atoms with Crippen LogP contribution >= 0.6 is 0 Å². The van der Waals surface area contributed by atoms with Crippen LogP contribution in [0.15, 0.2) is 71.4 Å². The fourth-order valence-corrected chi connectivity index (χ4v) is 4.50. The molecule has 0 spiro atoms. The van der Waals surface area contributed by atoms with E-state index in [1.54, 1.807) is 30.5 Å². The van der Waals surface area contributed by atoms with Gasteiger partial charge in [-0.1, -0.05) is 44.1 Å². The van der Waals surface area contributed by atoms with Crippen LogP contribution in [-0.4, -0.2) is 23.2 Å². The normalized spacial score (nSPS) is 14.1. The van der Waals surface area contributed by atoms with Crippen LogP contribution in [0, 0.1) is 5.82 Å². The average Bonchev–Trinajstić information content (AvgIpc) is 3.33. The number of pyridine rings is 1. The average molecular weight is 487 g/mol. The Bertz CT molecular complexity index is 1340. The van der Waals surface area contributed by atoms with Gasteiger partial charge in [-0.2, -0.15) is 0 Å². The Kier molecular flexibility index (Phi) is 6.63. The number of piperidine rings is 1. The van der Waals surface area contributed by atoms with Crippen LogP contribution in [0.5, 0.6) is 11.6 Å². The van der Waals surface area contributed by atoms with Gasteiger partial charge in [0.15, 0.2) is 0 Å². The number of nitrogens with zero attached hydrogens (tertiary/aromatic N) is 3. The predicted molar refractivity (Wildman–Crippen MR) is 141 cm³/mol. The van der Waals surface area contributed by atoms with Gasteiger partial charge in [0.2, 0.25) is 11.8 Å². The molecule has 0 unspecified atom stereocenters. The third-order valence-corrected chi connectivity index (χ3v) is 6.39. The summed E-state index contributed by atoms with van der Waals surface area (Å²) in [6.45, 7) is 8.35. The van der Waals surface area contributed by atoms with Crippen molar-refractivity contribution in [3.8, 4) is 22.9 Å². The monoisotopic (exact) mass is 486 g/mol. The molecule has 0 saturated carbocycles. The number of benzene rings is 2. The van der Waals surface area contributed by atoms with E-state index in [1.807, 2.05) is 30.3 Å². The van der Waals surface area contributed by atoms with Gasteiger partial charge in [0.25, 0.3) is 0 Å². The predicted octanol–water partition coefficient (Wildman–Crippen LogP) is 7.70. The zero-order valence-corrected chi connectivity index (χ0v) is 20.9. The van der Waals surface area contributed by atoms with E-state index in [0.29, 0.717) is 28.7 Å². The molecule has 6 nitrogen and oxygen atoms in total. The third kappa shape index (κ3) is 5.20. The summed E-state index contributed by atoms with van der Waals surface area (Å²) in [5, 5.41) is 7.27. The number of aromatic nitrogens is 2. The molecule has 2 aromatic heterocycles. The van der Waals surface area contributed by atoms with Gasteiger partial charge in [-0.05, 0) is 61.1 Å². The summed E-state index contributed by atoms with van der Waals surface area (Å²) in [6.07, 6.45) is 5.19. The molecule has 0 aliphatic carbocycles. The number of nitrogens with one attached hydrogen (secondary N) is 1. The number of para-hydroxylation sites is 1. The minimum absolute atomic E-state index is 0.0909. The molecule has 1 N–H and O–H groups in total. The Labute approximate surface area is 211 Å². The molecule has 0 radical (unpaired) electrons. The van der Waals surface area contributed by atoms with Crippen molar-refractivity contribution in [2.75, 3.05) is 23.3 Å². The summed E-state index contributed by atoms with van der Waals surface area (Å²) in [6, 6.07) is 18.6. The van der Waals surface area contributed by atoms with Crippen molar-refractivity contribution in [3.05, 3.63) is 78.2 Å². The number of hydrogen-bond acceptors (Lipinski definition) is 6. The highest BCUT2D eigenvalue weighted by Crippen LogP contribution is 2.37. The molecule has 0 atom stereocenters. The van der Waals surface area contributed by atoms with E-state index in [4.69, 9.17) is 9.26 Å². The minimum atomic E-state index is -0.317. The van der Waals surface area contributed by atoms with Crippen LogP contribution in [0.25, 0.3) is 11.3 Å². The number of halogens is 1. The molecule has 4 aromatic rings. The van der Waals surface area contributed by atoms with Gasteiger partial charge in [0.1, 0.15) is 22.9 Å². The zero-order valence-electron chi connectivity index (χ0n) is 20.9. The maximum atomic E-state index is 15.0. The summed E-state index contributed by atoms with van der Waals surface area (Å²) >= 11 is 0. The van der Waals surface area contributed by atoms with Gasteiger partial charge in [-0.3, -0.25) is 0 Å². The van der Waals surface area contributed by atoms with E-state index in [-0.39, 0.29) is 11.2 Å². The van der Waals surface area contributed by atoms with E-state index in [1.165, 1.54) is 6.42 Å². The van der Waals surface area contributed by atoms with Crippen LogP contribution in [0.4, 0.5) is 21.6 Å². The third-order valence-electron chi connectivity index (χ3n) is 6.39. The molecule has 3 heterocycles. The van der Waals surface area contributed by atoms with E-state index >= 15 is 4.39 Å². The van der Waals surface area contributed by atoms with Crippen LogP contribution in [0.1, 0.15) is 45.6 Å². The lowest BCUT2D eigenvalue weighted by atomic mass is 9.86. The lowest BCUT2D eigenvalue weighted by Gasteiger charge is -2.28.